The van der Waals surface area contributed by atoms with Gasteiger partial charge in [0.05, 0.1) is 24.1 Å². The molecule has 0 saturated heterocycles. The first kappa shape index (κ1) is 14.0. The van der Waals surface area contributed by atoms with Crippen molar-refractivity contribution in [3.05, 3.63) is 33.9 Å². The highest BCUT2D eigenvalue weighted by Crippen LogP contribution is 2.33. The Kier molecular flexibility index (Phi) is 4.21. The minimum Gasteiger partial charge on any atom is -0.497 e. The maximum atomic E-state index is 11.6. The monoisotopic (exact) mass is 340 g/mol. The summed E-state index contributed by atoms with van der Waals surface area (Å²) in [4.78, 5) is 11.6. The highest BCUT2D eigenvalue weighted by Gasteiger charge is 2.16. The number of hydrogen-bond donors (Lipinski definition) is 1. The molecule has 0 aliphatic heterocycles. The van der Waals surface area contributed by atoms with Gasteiger partial charge < -0.3 is 10.1 Å². The molecular formula is C13H13BrN2O2S. The van der Waals surface area contributed by atoms with Crippen LogP contribution in [0.2, 0.25) is 0 Å². The van der Waals surface area contributed by atoms with Gasteiger partial charge in [-0.3, -0.25) is 4.79 Å². The van der Waals surface area contributed by atoms with Gasteiger partial charge in [-0.1, -0.05) is 0 Å². The second-order valence-electron chi connectivity index (χ2n) is 4.00. The Morgan fingerprint density at radius 1 is 1.47 bits per heavy atom. The van der Waals surface area contributed by atoms with Crippen molar-refractivity contribution in [2.75, 3.05) is 12.4 Å². The molecule has 0 atom stereocenters. The standard InChI is InChI=1S/C13H13BrN2O2S/c1-7-12(8(2)17)13(19-16-7)15-11-6-9(18-3)4-5-10(11)14/h4-6,15H,1-3H3. The van der Waals surface area contributed by atoms with E-state index in [1.807, 2.05) is 25.1 Å². The minimum atomic E-state index is 0.00719. The summed E-state index contributed by atoms with van der Waals surface area (Å²) in [7, 11) is 1.62. The van der Waals surface area contributed by atoms with Crippen molar-refractivity contribution >= 4 is 43.9 Å². The molecule has 1 N–H and O–H groups in total. The molecule has 6 heteroatoms. The lowest BCUT2D eigenvalue weighted by Crippen LogP contribution is -1.99. The van der Waals surface area contributed by atoms with Gasteiger partial charge in [-0.2, -0.15) is 4.37 Å². The van der Waals surface area contributed by atoms with E-state index in [0.717, 1.165) is 26.6 Å². The molecule has 0 radical (unpaired) electrons. The molecule has 100 valence electrons. The molecule has 2 aromatic rings. The highest BCUT2D eigenvalue weighted by atomic mass is 79.9. The fourth-order valence-corrected chi connectivity index (χ4v) is 2.92. The molecule has 0 unspecified atom stereocenters. The van der Waals surface area contributed by atoms with E-state index in [-0.39, 0.29) is 5.78 Å². The Hall–Kier alpha value is -1.40. The van der Waals surface area contributed by atoms with Crippen LogP contribution in [0.25, 0.3) is 0 Å². The third-order valence-corrected chi connectivity index (χ3v) is 4.18. The van der Waals surface area contributed by atoms with Crippen molar-refractivity contribution in [3.8, 4) is 5.75 Å². The van der Waals surface area contributed by atoms with Gasteiger partial charge in [-0.15, -0.1) is 0 Å². The van der Waals surface area contributed by atoms with Crippen LogP contribution in [0.4, 0.5) is 10.7 Å². The van der Waals surface area contributed by atoms with Gasteiger partial charge in [0.1, 0.15) is 10.8 Å². The predicted molar refractivity (Wildman–Crippen MR) is 80.8 cm³/mol. The summed E-state index contributed by atoms with van der Waals surface area (Å²) < 4.78 is 10.3. The fourth-order valence-electron chi connectivity index (χ4n) is 1.72. The molecule has 0 aliphatic carbocycles. The number of aromatic nitrogens is 1. The van der Waals surface area contributed by atoms with Crippen molar-refractivity contribution in [1.82, 2.24) is 4.37 Å². The van der Waals surface area contributed by atoms with Gasteiger partial charge in [0.25, 0.3) is 0 Å². The summed E-state index contributed by atoms with van der Waals surface area (Å²) in [5.41, 5.74) is 2.23. The lowest BCUT2D eigenvalue weighted by atomic mass is 10.2. The van der Waals surface area contributed by atoms with E-state index < -0.39 is 0 Å². The number of aryl methyl sites for hydroxylation is 1. The number of hydrogen-bond acceptors (Lipinski definition) is 5. The normalized spacial score (nSPS) is 10.3. The number of Topliss-reactive ketones (excluding diaryl/α,β-unsaturated/α-hetero) is 1. The fraction of sp³-hybridized carbons (Fsp3) is 0.231. The first-order valence-electron chi connectivity index (χ1n) is 5.60. The van der Waals surface area contributed by atoms with Crippen molar-refractivity contribution in [2.45, 2.75) is 13.8 Å². The zero-order valence-electron chi connectivity index (χ0n) is 10.8. The smallest absolute Gasteiger partial charge is 0.164 e. The number of methoxy groups -OCH3 is 1. The zero-order valence-corrected chi connectivity index (χ0v) is 13.2. The number of rotatable bonds is 4. The van der Waals surface area contributed by atoms with Crippen LogP contribution in [-0.2, 0) is 0 Å². The summed E-state index contributed by atoms with van der Waals surface area (Å²) >= 11 is 4.74. The number of ether oxygens (including phenoxy) is 1. The molecule has 0 aliphatic rings. The summed E-state index contributed by atoms with van der Waals surface area (Å²) in [6.45, 7) is 3.38. The Balaban J connectivity index is 2.39. The van der Waals surface area contributed by atoms with E-state index in [4.69, 9.17) is 4.74 Å². The number of halogens is 1. The molecule has 0 saturated carbocycles. The Labute approximate surface area is 124 Å². The zero-order chi connectivity index (χ0) is 14.0. The first-order valence-corrected chi connectivity index (χ1v) is 7.17. The average Bonchev–Trinajstić information content (AvgIpc) is 2.73. The molecule has 1 aromatic heterocycles. The van der Waals surface area contributed by atoms with Crippen LogP contribution in [0.15, 0.2) is 22.7 Å². The second kappa shape index (κ2) is 5.71. The summed E-state index contributed by atoms with van der Waals surface area (Å²) in [5.74, 6) is 0.754. The van der Waals surface area contributed by atoms with E-state index in [1.165, 1.54) is 11.5 Å². The van der Waals surface area contributed by atoms with E-state index >= 15 is 0 Å². The van der Waals surface area contributed by atoms with E-state index in [2.05, 4.69) is 25.6 Å². The lowest BCUT2D eigenvalue weighted by molar-refractivity contribution is 0.101. The first-order chi connectivity index (χ1) is 9.02. The highest BCUT2D eigenvalue weighted by molar-refractivity contribution is 9.10. The summed E-state index contributed by atoms with van der Waals surface area (Å²) in [6, 6.07) is 5.62. The third kappa shape index (κ3) is 2.96. The van der Waals surface area contributed by atoms with Crippen molar-refractivity contribution < 1.29 is 9.53 Å². The lowest BCUT2D eigenvalue weighted by Gasteiger charge is -2.09. The van der Waals surface area contributed by atoms with Crippen LogP contribution < -0.4 is 10.1 Å². The Morgan fingerprint density at radius 2 is 2.21 bits per heavy atom. The third-order valence-electron chi connectivity index (χ3n) is 2.64. The summed E-state index contributed by atoms with van der Waals surface area (Å²) in [5, 5.41) is 3.98. The summed E-state index contributed by atoms with van der Waals surface area (Å²) in [6.07, 6.45) is 0. The van der Waals surface area contributed by atoms with Gasteiger partial charge in [0, 0.05) is 10.5 Å². The maximum absolute atomic E-state index is 11.6. The number of ketones is 1. The van der Waals surface area contributed by atoms with Gasteiger partial charge in [-0.05, 0) is 53.4 Å². The largest absolute Gasteiger partial charge is 0.497 e. The number of nitrogens with one attached hydrogen (secondary N) is 1. The van der Waals surface area contributed by atoms with Crippen LogP contribution in [0.3, 0.4) is 0 Å². The van der Waals surface area contributed by atoms with E-state index in [9.17, 15) is 4.79 Å². The number of benzene rings is 1. The molecule has 4 nitrogen and oxygen atoms in total. The van der Waals surface area contributed by atoms with Crippen LogP contribution in [0.1, 0.15) is 23.0 Å². The number of carbonyl (C=O) groups excluding carboxylic acids is 1. The Bertz CT molecular complexity index is 625. The van der Waals surface area contributed by atoms with E-state index in [1.54, 1.807) is 14.0 Å². The number of carbonyl (C=O) groups is 1. The molecule has 19 heavy (non-hydrogen) atoms. The van der Waals surface area contributed by atoms with Gasteiger partial charge >= 0.3 is 0 Å². The molecule has 0 amide bonds. The van der Waals surface area contributed by atoms with Crippen LogP contribution in [-0.4, -0.2) is 17.3 Å². The van der Waals surface area contributed by atoms with Crippen LogP contribution in [0, 0.1) is 6.92 Å². The minimum absolute atomic E-state index is 0.00719. The predicted octanol–water partition coefficient (Wildman–Crippen LogP) is 4.17. The second-order valence-corrected chi connectivity index (χ2v) is 5.63. The molecule has 1 aromatic carbocycles. The molecular weight excluding hydrogens is 328 g/mol. The van der Waals surface area contributed by atoms with E-state index in [0.29, 0.717) is 5.56 Å². The van der Waals surface area contributed by atoms with Crippen molar-refractivity contribution in [2.24, 2.45) is 0 Å². The van der Waals surface area contributed by atoms with Crippen molar-refractivity contribution in [3.63, 3.8) is 0 Å². The molecule has 1 heterocycles. The molecule has 0 spiro atoms. The average molecular weight is 341 g/mol. The van der Waals surface area contributed by atoms with Gasteiger partial charge in [0.15, 0.2) is 5.78 Å². The SMILES string of the molecule is COc1ccc(Br)c(Nc2snc(C)c2C(C)=O)c1. The molecule has 2 rings (SSSR count). The Morgan fingerprint density at radius 3 is 2.84 bits per heavy atom. The maximum Gasteiger partial charge on any atom is 0.164 e. The number of anilines is 2. The topological polar surface area (TPSA) is 51.2 Å². The van der Waals surface area contributed by atoms with Crippen LogP contribution >= 0.6 is 27.5 Å². The van der Waals surface area contributed by atoms with Crippen LogP contribution in [0.5, 0.6) is 5.75 Å². The van der Waals surface area contributed by atoms with Gasteiger partial charge in [0.2, 0.25) is 0 Å². The number of nitrogens with zero attached hydrogens (tertiary/aromatic N) is 1. The molecule has 0 bridgehead atoms. The van der Waals surface area contributed by atoms with Gasteiger partial charge in [-0.25, -0.2) is 0 Å². The quantitative estimate of drug-likeness (QED) is 0.848. The van der Waals surface area contributed by atoms with Crippen molar-refractivity contribution in [1.29, 1.82) is 0 Å². The molecule has 0 fully saturated rings.